The highest BCUT2D eigenvalue weighted by atomic mass is 35.5. The zero-order valence-electron chi connectivity index (χ0n) is 11.1. The molecule has 0 fully saturated rings. The van der Waals surface area contributed by atoms with Gasteiger partial charge in [-0.1, -0.05) is 17.7 Å². The second kappa shape index (κ2) is 5.85. The number of hydrogen-bond donors (Lipinski definition) is 3. The molecule has 0 saturated carbocycles. The van der Waals surface area contributed by atoms with Crippen LogP contribution in [0.15, 0.2) is 36.4 Å². The number of phenolic OH excluding ortho intramolecular Hbond substituents is 1. The number of carboxylic acids is 1. The van der Waals surface area contributed by atoms with Crippen molar-refractivity contribution in [3.63, 3.8) is 0 Å². The number of amides is 1. The van der Waals surface area contributed by atoms with Crippen LogP contribution in [0.1, 0.15) is 26.3 Å². The van der Waals surface area contributed by atoms with E-state index >= 15 is 0 Å². The predicted molar refractivity (Wildman–Crippen MR) is 79.2 cm³/mol. The molecule has 3 N–H and O–H groups in total. The van der Waals surface area contributed by atoms with Gasteiger partial charge in [-0.25, -0.2) is 4.79 Å². The van der Waals surface area contributed by atoms with Crippen LogP contribution < -0.4 is 5.32 Å². The van der Waals surface area contributed by atoms with Crippen LogP contribution in [0.4, 0.5) is 5.69 Å². The lowest BCUT2D eigenvalue weighted by atomic mass is 10.1. The molecule has 0 radical (unpaired) electrons. The summed E-state index contributed by atoms with van der Waals surface area (Å²) in [6, 6.07) is 8.64. The summed E-state index contributed by atoms with van der Waals surface area (Å²) in [6.07, 6.45) is 0. The fourth-order valence-electron chi connectivity index (χ4n) is 1.82. The number of benzene rings is 2. The first-order valence-corrected chi connectivity index (χ1v) is 6.39. The molecule has 0 unspecified atom stereocenters. The zero-order chi connectivity index (χ0) is 15.6. The SMILES string of the molecule is Cc1ccc(C(=O)Nc2cc(Cl)cc(C(=O)O)c2)c(O)c1. The van der Waals surface area contributed by atoms with Gasteiger partial charge in [0, 0.05) is 10.7 Å². The first kappa shape index (κ1) is 14.9. The van der Waals surface area contributed by atoms with Crippen LogP contribution in [-0.2, 0) is 0 Å². The summed E-state index contributed by atoms with van der Waals surface area (Å²) in [5.41, 5.74) is 1.12. The molecule has 0 aliphatic carbocycles. The highest BCUT2D eigenvalue weighted by Gasteiger charge is 2.13. The van der Waals surface area contributed by atoms with Crippen LogP contribution in [0.5, 0.6) is 5.75 Å². The van der Waals surface area contributed by atoms with Gasteiger partial charge in [0.2, 0.25) is 0 Å². The van der Waals surface area contributed by atoms with E-state index in [9.17, 15) is 14.7 Å². The van der Waals surface area contributed by atoms with Crippen molar-refractivity contribution in [1.29, 1.82) is 0 Å². The minimum Gasteiger partial charge on any atom is -0.507 e. The number of aryl methyl sites for hydroxylation is 1. The van der Waals surface area contributed by atoms with Gasteiger partial charge in [-0.05, 0) is 42.8 Å². The minimum atomic E-state index is -1.15. The summed E-state index contributed by atoms with van der Waals surface area (Å²) in [7, 11) is 0. The third kappa shape index (κ3) is 3.52. The van der Waals surface area contributed by atoms with Gasteiger partial charge in [0.1, 0.15) is 5.75 Å². The fourth-order valence-corrected chi connectivity index (χ4v) is 2.05. The number of carbonyl (C=O) groups is 2. The van der Waals surface area contributed by atoms with Crippen LogP contribution in [0.2, 0.25) is 5.02 Å². The number of hydrogen-bond acceptors (Lipinski definition) is 3. The molecule has 1 amide bonds. The molecule has 0 saturated heterocycles. The lowest BCUT2D eigenvalue weighted by Gasteiger charge is -2.08. The Kier molecular flexibility index (Phi) is 4.14. The topological polar surface area (TPSA) is 86.6 Å². The Morgan fingerprint density at radius 2 is 1.86 bits per heavy atom. The molecule has 0 atom stereocenters. The molecular weight excluding hydrogens is 294 g/mol. The van der Waals surface area contributed by atoms with E-state index in [1.165, 1.54) is 30.3 Å². The highest BCUT2D eigenvalue weighted by Crippen LogP contribution is 2.23. The monoisotopic (exact) mass is 305 g/mol. The normalized spacial score (nSPS) is 10.2. The second-order valence-corrected chi connectivity index (χ2v) is 4.94. The number of carboxylic acid groups (broad SMARTS) is 1. The molecule has 0 aromatic heterocycles. The summed E-state index contributed by atoms with van der Waals surface area (Å²) in [6.45, 7) is 1.79. The Morgan fingerprint density at radius 1 is 1.14 bits per heavy atom. The van der Waals surface area contributed by atoms with Gasteiger partial charge in [-0.2, -0.15) is 0 Å². The molecule has 0 aliphatic rings. The predicted octanol–water partition coefficient (Wildman–Crippen LogP) is 3.30. The lowest BCUT2D eigenvalue weighted by Crippen LogP contribution is -2.12. The van der Waals surface area contributed by atoms with E-state index in [4.69, 9.17) is 16.7 Å². The molecule has 108 valence electrons. The van der Waals surface area contributed by atoms with Crippen LogP contribution in [0.25, 0.3) is 0 Å². The molecule has 2 aromatic rings. The quantitative estimate of drug-likeness (QED) is 0.812. The third-order valence-electron chi connectivity index (χ3n) is 2.80. The molecule has 0 spiro atoms. The van der Waals surface area contributed by atoms with Crippen molar-refractivity contribution in [3.05, 3.63) is 58.1 Å². The number of aromatic hydroxyl groups is 1. The summed E-state index contributed by atoms with van der Waals surface area (Å²) < 4.78 is 0. The van der Waals surface area contributed by atoms with E-state index in [1.54, 1.807) is 13.0 Å². The van der Waals surface area contributed by atoms with Crippen molar-refractivity contribution < 1.29 is 19.8 Å². The first-order chi connectivity index (χ1) is 9.86. The van der Waals surface area contributed by atoms with Crippen molar-refractivity contribution >= 4 is 29.2 Å². The van der Waals surface area contributed by atoms with Gasteiger partial charge < -0.3 is 15.5 Å². The Labute approximate surface area is 125 Å². The molecular formula is C15H12ClNO4. The van der Waals surface area contributed by atoms with Crippen LogP contribution in [0, 0.1) is 6.92 Å². The highest BCUT2D eigenvalue weighted by molar-refractivity contribution is 6.31. The number of halogens is 1. The van der Waals surface area contributed by atoms with E-state index in [2.05, 4.69) is 5.32 Å². The van der Waals surface area contributed by atoms with E-state index in [1.807, 2.05) is 0 Å². The summed E-state index contributed by atoms with van der Waals surface area (Å²) in [4.78, 5) is 23.0. The Balaban J connectivity index is 2.29. The number of phenols is 1. The van der Waals surface area contributed by atoms with Gasteiger partial charge in [-0.3, -0.25) is 4.79 Å². The number of nitrogens with one attached hydrogen (secondary N) is 1. The van der Waals surface area contributed by atoms with Crippen LogP contribution in [0.3, 0.4) is 0 Å². The fraction of sp³-hybridized carbons (Fsp3) is 0.0667. The molecule has 2 rings (SSSR count). The summed E-state index contributed by atoms with van der Waals surface area (Å²) >= 11 is 5.81. The van der Waals surface area contributed by atoms with Gasteiger partial charge >= 0.3 is 5.97 Å². The summed E-state index contributed by atoms with van der Waals surface area (Å²) in [5, 5.41) is 21.4. The Morgan fingerprint density at radius 3 is 2.48 bits per heavy atom. The summed E-state index contributed by atoms with van der Waals surface area (Å²) in [5.74, 6) is -1.84. The van der Waals surface area contributed by atoms with Crippen LogP contribution in [-0.4, -0.2) is 22.1 Å². The average molecular weight is 306 g/mol. The average Bonchev–Trinajstić information content (AvgIpc) is 2.37. The minimum absolute atomic E-state index is 0.0362. The zero-order valence-corrected chi connectivity index (χ0v) is 11.8. The third-order valence-corrected chi connectivity index (χ3v) is 3.02. The first-order valence-electron chi connectivity index (χ1n) is 6.01. The van der Waals surface area contributed by atoms with Crippen molar-refractivity contribution in [2.24, 2.45) is 0 Å². The van der Waals surface area contributed by atoms with Crippen molar-refractivity contribution in [3.8, 4) is 5.75 Å². The van der Waals surface area contributed by atoms with Gasteiger partial charge in [0.15, 0.2) is 0 Å². The number of anilines is 1. The number of carbonyl (C=O) groups excluding carboxylic acids is 1. The molecule has 21 heavy (non-hydrogen) atoms. The second-order valence-electron chi connectivity index (χ2n) is 4.51. The van der Waals surface area contributed by atoms with Gasteiger partial charge in [0.05, 0.1) is 11.1 Å². The largest absolute Gasteiger partial charge is 0.507 e. The molecule has 5 nitrogen and oxygen atoms in total. The lowest BCUT2D eigenvalue weighted by molar-refractivity contribution is 0.0696. The van der Waals surface area contributed by atoms with E-state index in [-0.39, 0.29) is 27.6 Å². The standard InChI is InChI=1S/C15H12ClNO4/c1-8-2-3-12(13(18)4-8)14(19)17-11-6-9(15(20)21)5-10(16)7-11/h2-7,18H,1H3,(H,17,19)(H,20,21). The number of aromatic carboxylic acids is 1. The van der Waals surface area contributed by atoms with Gasteiger partial charge in [-0.15, -0.1) is 0 Å². The van der Waals surface area contributed by atoms with E-state index in [0.29, 0.717) is 0 Å². The number of rotatable bonds is 3. The van der Waals surface area contributed by atoms with Gasteiger partial charge in [0.25, 0.3) is 5.91 Å². The van der Waals surface area contributed by atoms with Crippen LogP contribution >= 0.6 is 11.6 Å². The molecule has 6 heteroatoms. The Bertz CT molecular complexity index is 728. The van der Waals surface area contributed by atoms with E-state index < -0.39 is 11.9 Å². The van der Waals surface area contributed by atoms with E-state index in [0.717, 1.165) is 5.56 Å². The maximum absolute atomic E-state index is 12.1. The Hall–Kier alpha value is -2.53. The van der Waals surface area contributed by atoms with Crippen molar-refractivity contribution in [1.82, 2.24) is 0 Å². The maximum atomic E-state index is 12.1. The molecule has 0 aliphatic heterocycles. The molecule has 0 bridgehead atoms. The van der Waals surface area contributed by atoms with Crippen molar-refractivity contribution in [2.45, 2.75) is 6.92 Å². The molecule has 2 aromatic carbocycles. The maximum Gasteiger partial charge on any atom is 0.335 e. The smallest absolute Gasteiger partial charge is 0.335 e. The van der Waals surface area contributed by atoms with Crippen molar-refractivity contribution in [2.75, 3.05) is 5.32 Å². The molecule has 0 heterocycles.